The van der Waals surface area contributed by atoms with E-state index in [1.165, 1.54) is 36.8 Å². The van der Waals surface area contributed by atoms with Crippen LogP contribution in [0.4, 0.5) is 0 Å². The third kappa shape index (κ3) is 5.02. The summed E-state index contributed by atoms with van der Waals surface area (Å²) in [6.45, 7) is 2.50. The van der Waals surface area contributed by atoms with E-state index >= 15 is 0 Å². The third-order valence-electron chi connectivity index (χ3n) is 11.4. The van der Waals surface area contributed by atoms with Crippen molar-refractivity contribution in [2.24, 2.45) is 23.7 Å². The van der Waals surface area contributed by atoms with Crippen LogP contribution in [0.15, 0.2) is 127 Å². The summed E-state index contributed by atoms with van der Waals surface area (Å²) in [7, 11) is 0. The minimum atomic E-state index is 0.289. The van der Waals surface area contributed by atoms with Crippen molar-refractivity contribution in [2.45, 2.75) is 38.0 Å². The van der Waals surface area contributed by atoms with E-state index in [0.717, 1.165) is 57.1 Å². The van der Waals surface area contributed by atoms with Gasteiger partial charge in [-0.05, 0) is 101 Å². The summed E-state index contributed by atoms with van der Waals surface area (Å²) in [5, 5.41) is 9.57. The fraction of sp³-hybridized carbons (Fsp3) is 0.227. The molecule has 0 spiro atoms. The highest BCUT2D eigenvalue weighted by Crippen LogP contribution is 2.67. The smallest absolute Gasteiger partial charge is 0.164 e. The standard InChI is InChI=1S/C44H36N4/c1-44(25-37-23-36-24-38(26-44)40(36)37)39-19-17-31(18-20-39)33-10-6-12-35(22-33)43-47-41(46-42(48-43)34-11-5-7-28(21-34)27-45)32-15-13-30(14-16-32)29-8-3-2-4-9-29/h2-22,36-38,40H,23-26H2,1H3/t36?,37-,38+,40?,44?. The molecule has 4 nitrogen and oxygen atoms in total. The molecule has 3 unspecified atom stereocenters. The maximum Gasteiger partial charge on any atom is 0.164 e. The molecule has 5 aromatic carbocycles. The van der Waals surface area contributed by atoms with Crippen LogP contribution in [0, 0.1) is 35.0 Å². The number of rotatable bonds is 6. The van der Waals surface area contributed by atoms with Crippen molar-refractivity contribution in [3.8, 4) is 62.5 Å². The number of benzene rings is 5. The molecule has 48 heavy (non-hydrogen) atoms. The van der Waals surface area contributed by atoms with Crippen molar-refractivity contribution in [1.29, 1.82) is 5.26 Å². The highest BCUT2D eigenvalue weighted by atomic mass is 15.0. The Labute approximate surface area is 282 Å². The molecule has 0 aliphatic heterocycles. The van der Waals surface area contributed by atoms with Crippen LogP contribution in [0.3, 0.4) is 0 Å². The predicted octanol–water partition coefficient (Wildman–Crippen LogP) is 10.4. The van der Waals surface area contributed by atoms with Crippen LogP contribution in [0.2, 0.25) is 0 Å². The third-order valence-corrected chi connectivity index (χ3v) is 11.4. The van der Waals surface area contributed by atoms with Gasteiger partial charge in [0.15, 0.2) is 17.5 Å². The summed E-state index contributed by atoms with van der Waals surface area (Å²) in [6.07, 6.45) is 5.61. The lowest BCUT2D eigenvalue weighted by atomic mass is 9.39. The van der Waals surface area contributed by atoms with Gasteiger partial charge in [-0.3, -0.25) is 0 Å². The Morgan fingerprint density at radius 3 is 1.67 bits per heavy atom. The van der Waals surface area contributed by atoms with Crippen LogP contribution in [0.5, 0.6) is 0 Å². The largest absolute Gasteiger partial charge is 0.208 e. The van der Waals surface area contributed by atoms with E-state index in [1.807, 2.05) is 36.4 Å². The van der Waals surface area contributed by atoms with E-state index in [0.29, 0.717) is 23.0 Å². The van der Waals surface area contributed by atoms with Gasteiger partial charge in [0.25, 0.3) is 0 Å². The van der Waals surface area contributed by atoms with Crippen molar-refractivity contribution in [3.63, 3.8) is 0 Å². The molecule has 232 valence electrons. The molecular formula is C44H36N4. The van der Waals surface area contributed by atoms with Gasteiger partial charge in [0.2, 0.25) is 0 Å². The lowest BCUT2D eigenvalue weighted by Crippen LogP contribution is -2.58. The van der Waals surface area contributed by atoms with E-state index in [-0.39, 0.29) is 5.41 Å². The summed E-state index contributed by atoms with van der Waals surface area (Å²) in [4.78, 5) is 14.9. The molecular weight excluding hydrogens is 585 g/mol. The molecule has 0 bridgehead atoms. The fourth-order valence-corrected chi connectivity index (χ4v) is 9.02. The average Bonchev–Trinajstić information content (AvgIpc) is 3.13. The molecule has 3 aliphatic rings. The topological polar surface area (TPSA) is 62.5 Å². The van der Waals surface area contributed by atoms with Crippen LogP contribution < -0.4 is 0 Å². The number of aromatic nitrogens is 3. The maximum absolute atomic E-state index is 9.57. The fourth-order valence-electron chi connectivity index (χ4n) is 9.02. The van der Waals surface area contributed by atoms with Crippen LogP contribution in [0.1, 0.15) is 43.7 Å². The second-order valence-corrected chi connectivity index (χ2v) is 14.4. The minimum Gasteiger partial charge on any atom is -0.208 e. The summed E-state index contributed by atoms with van der Waals surface area (Å²) in [5.41, 5.74) is 9.59. The molecule has 4 heteroatoms. The van der Waals surface area contributed by atoms with Crippen molar-refractivity contribution in [3.05, 3.63) is 139 Å². The molecule has 6 aromatic rings. The molecule has 9 rings (SSSR count). The van der Waals surface area contributed by atoms with Crippen molar-refractivity contribution in [2.75, 3.05) is 0 Å². The molecule has 1 heterocycles. The predicted molar refractivity (Wildman–Crippen MR) is 192 cm³/mol. The zero-order chi connectivity index (χ0) is 32.2. The van der Waals surface area contributed by atoms with Gasteiger partial charge in [0, 0.05) is 16.7 Å². The molecule has 3 aliphatic carbocycles. The molecule has 0 radical (unpaired) electrons. The van der Waals surface area contributed by atoms with Crippen molar-refractivity contribution >= 4 is 0 Å². The first-order valence-electron chi connectivity index (χ1n) is 17.2. The highest BCUT2D eigenvalue weighted by molar-refractivity contribution is 5.74. The van der Waals surface area contributed by atoms with Gasteiger partial charge in [0.05, 0.1) is 11.6 Å². The maximum atomic E-state index is 9.57. The zero-order valence-electron chi connectivity index (χ0n) is 27.1. The average molecular weight is 621 g/mol. The molecule has 1 aromatic heterocycles. The number of hydrogen-bond donors (Lipinski definition) is 0. The molecule has 0 N–H and O–H groups in total. The lowest BCUT2D eigenvalue weighted by molar-refractivity contribution is -0.141. The van der Waals surface area contributed by atoms with Gasteiger partial charge in [-0.2, -0.15) is 5.26 Å². The number of hydrogen-bond acceptors (Lipinski definition) is 4. The molecule has 0 saturated heterocycles. The lowest BCUT2D eigenvalue weighted by Gasteiger charge is -2.65. The van der Waals surface area contributed by atoms with Gasteiger partial charge in [-0.1, -0.05) is 116 Å². The first kappa shape index (κ1) is 28.8. The Hall–Kier alpha value is -5.40. The summed E-state index contributed by atoms with van der Waals surface area (Å²) in [5.74, 6) is 5.73. The van der Waals surface area contributed by atoms with Crippen LogP contribution in [0.25, 0.3) is 56.4 Å². The van der Waals surface area contributed by atoms with Gasteiger partial charge in [0.1, 0.15) is 0 Å². The molecule has 3 saturated carbocycles. The second-order valence-electron chi connectivity index (χ2n) is 14.4. The number of nitrogens with zero attached hydrogens (tertiary/aromatic N) is 4. The van der Waals surface area contributed by atoms with Crippen molar-refractivity contribution < 1.29 is 0 Å². The summed E-state index contributed by atoms with van der Waals surface area (Å²) in [6, 6.07) is 46.2. The Morgan fingerprint density at radius 1 is 0.521 bits per heavy atom. The van der Waals surface area contributed by atoms with Gasteiger partial charge in [-0.15, -0.1) is 0 Å². The Kier molecular flexibility index (Phi) is 6.83. The van der Waals surface area contributed by atoms with Gasteiger partial charge in [-0.25, -0.2) is 15.0 Å². The SMILES string of the molecule is CC1(c2ccc(-c3cccc(-c4nc(-c5ccc(-c6ccccc6)cc5)nc(-c5cccc(C#N)c5)n4)c3)cc2)C[C@H]2CC3C[C@@H](C1)C32. The Morgan fingerprint density at radius 2 is 1.02 bits per heavy atom. The molecule has 5 atom stereocenters. The number of nitriles is 1. The van der Waals surface area contributed by atoms with Gasteiger partial charge < -0.3 is 0 Å². The van der Waals surface area contributed by atoms with Crippen molar-refractivity contribution in [1.82, 2.24) is 15.0 Å². The highest BCUT2D eigenvalue weighted by Gasteiger charge is 2.59. The molecule has 0 amide bonds. The molecule has 3 fully saturated rings. The summed E-state index contributed by atoms with van der Waals surface area (Å²) >= 11 is 0. The first-order chi connectivity index (χ1) is 23.5. The van der Waals surface area contributed by atoms with Crippen LogP contribution in [-0.2, 0) is 5.41 Å². The summed E-state index contributed by atoms with van der Waals surface area (Å²) < 4.78 is 0. The van der Waals surface area contributed by atoms with E-state index in [2.05, 4.69) is 97.9 Å². The minimum absolute atomic E-state index is 0.289. The van der Waals surface area contributed by atoms with E-state index in [1.54, 1.807) is 6.07 Å². The van der Waals surface area contributed by atoms with E-state index in [9.17, 15) is 5.26 Å². The zero-order valence-corrected chi connectivity index (χ0v) is 27.1. The second kappa shape index (κ2) is 11.4. The normalized spacial score (nSPS) is 23.7. The first-order valence-corrected chi connectivity index (χ1v) is 17.2. The van der Waals surface area contributed by atoms with E-state index < -0.39 is 0 Å². The van der Waals surface area contributed by atoms with Gasteiger partial charge >= 0.3 is 0 Å². The van der Waals surface area contributed by atoms with Crippen LogP contribution in [-0.4, -0.2) is 15.0 Å². The Bertz CT molecular complexity index is 2160. The van der Waals surface area contributed by atoms with Crippen LogP contribution >= 0.6 is 0 Å². The monoisotopic (exact) mass is 620 g/mol. The quantitative estimate of drug-likeness (QED) is 0.186. The van der Waals surface area contributed by atoms with E-state index in [4.69, 9.17) is 15.0 Å². The Balaban J connectivity index is 1.06.